The van der Waals surface area contributed by atoms with Crippen LogP contribution in [0.2, 0.25) is 0 Å². The van der Waals surface area contributed by atoms with Crippen molar-refractivity contribution in [2.75, 3.05) is 25.2 Å². The molecule has 0 fully saturated rings. The Hall–Kier alpha value is -2.46. The molecule has 9 nitrogen and oxygen atoms in total. The molecule has 0 aliphatic carbocycles. The second kappa shape index (κ2) is 9.16. The number of imidazole rings is 1. The zero-order valence-electron chi connectivity index (χ0n) is 16.0. The molecule has 3 rings (SSSR count). The third-order valence-electron chi connectivity index (χ3n) is 4.43. The summed E-state index contributed by atoms with van der Waals surface area (Å²) in [6.45, 7) is 2.76. The molecular weight excluding hydrogens is 384 g/mol. The normalized spacial score (nSPS) is 12.6. The van der Waals surface area contributed by atoms with E-state index in [9.17, 15) is 13.8 Å². The molecule has 0 amide bonds. The van der Waals surface area contributed by atoms with Crippen LogP contribution in [0, 0.1) is 0 Å². The second-order valence-electron chi connectivity index (χ2n) is 6.31. The monoisotopic (exact) mass is 408 g/mol. The van der Waals surface area contributed by atoms with Crippen LogP contribution in [0.5, 0.6) is 0 Å². The van der Waals surface area contributed by atoms with E-state index in [0.717, 1.165) is 4.57 Å². The Bertz CT molecular complexity index is 1060. The van der Waals surface area contributed by atoms with Crippen molar-refractivity contribution in [2.24, 2.45) is 0 Å². The predicted molar refractivity (Wildman–Crippen MR) is 106 cm³/mol. The van der Waals surface area contributed by atoms with Crippen molar-refractivity contribution >= 4 is 22.0 Å². The number of methoxy groups -OCH3 is 1. The topological polar surface area (TPSA) is 112 Å². The van der Waals surface area contributed by atoms with E-state index in [1.165, 1.54) is 4.57 Å². The summed E-state index contributed by atoms with van der Waals surface area (Å²) in [6, 6.07) is 3.59. The molecule has 1 N–H and O–H groups in total. The summed E-state index contributed by atoms with van der Waals surface area (Å²) in [5, 5.41) is 0. The highest BCUT2D eigenvalue weighted by molar-refractivity contribution is 7.84. The molecule has 0 saturated carbocycles. The minimum absolute atomic E-state index is 0.102. The Morgan fingerprint density at radius 1 is 1.29 bits per heavy atom. The highest BCUT2D eigenvalue weighted by atomic mass is 32.2. The van der Waals surface area contributed by atoms with Crippen LogP contribution in [0.25, 0.3) is 11.2 Å². The minimum atomic E-state index is -1.07. The molecule has 0 spiro atoms. The van der Waals surface area contributed by atoms with Crippen molar-refractivity contribution in [1.29, 1.82) is 0 Å². The van der Waals surface area contributed by atoms with E-state index in [0.29, 0.717) is 49.0 Å². The van der Waals surface area contributed by atoms with Crippen molar-refractivity contribution in [3.8, 4) is 0 Å². The number of aromatic amines is 1. The number of nitrogens with zero attached hydrogens (tertiary/aromatic N) is 3. The highest BCUT2D eigenvalue weighted by Gasteiger charge is 2.18. The van der Waals surface area contributed by atoms with Crippen LogP contribution in [0.4, 0.5) is 0 Å². The fraction of sp³-hybridized carbons (Fsp3) is 0.500. The molecule has 0 aromatic carbocycles. The molecule has 0 aliphatic heterocycles. The molecule has 3 aromatic rings. The Morgan fingerprint density at radius 3 is 2.79 bits per heavy atom. The first kappa shape index (κ1) is 20.3. The smallest absolute Gasteiger partial charge is 0.332 e. The molecule has 0 radical (unpaired) electrons. The van der Waals surface area contributed by atoms with Gasteiger partial charge < -0.3 is 14.1 Å². The molecule has 10 heteroatoms. The van der Waals surface area contributed by atoms with E-state index in [4.69, 9.17) is 9.15 Å². The number of aromatic nitrogens is 4. The lowest BCUT2D eigenvalue weighted by atomic mass is 10.3. The molecule has 0 saturated heterocycles. The lowest BCUT2D eigenvalue weighted by Crippen LogP contribution is -2.41. The molecule has 28 heavy (non-hydrogen) atoms. The number of hydrogen-bond acceptors (Lipinski definition) is 6. The van der Waals surface area contributed by atoms with Gasteiger partial charge in [0, 0.05) is 49.1 Å². The first-order valence-corrected chi connectivity index (χ1v) is 10.6. The van der Waals surface area contributed by atoms with Gasteiger partial charge in [0.25, 0.3) is 5.56 Å². The lowest BCUT2D eigenvalue weighted by molar-refractivity contribution is 0.190. The lowest BCUT2D eigenvalue weighted by Gasteiger charge is -2.11. The van der Waals surface area contributed by atoms with E-state index in [1.54, 1.807) is 26.4 Å². The van der Waals surface area contributed by atoms with Gasteiger partial charge in [0.1, 0.15) is 17.1 Å². The second-order valence-corrected chi connectivity index (χ2v) is 8.17. The summed E-state index contributed by atoms with van der Waals surface area (Å²) in [6.07, 6.45) is 2.55. The van der Waals surface area contributed by atoms with Crippen molar-refractivity contribution < 1.29 is 13.4 Å². The number of ether oxygens (including phenoxy) is 1. The SMILES string of the molecule is CCS(=O)CCn1c(=O)c2[nH]c(Cc3ccco3)nc2n(CCCOC)c1=O. The fourth-order valence-corrected chi connectivity index (χ4v) is 3.65. The van der Waals surface area contributed by atoms with Gasteiger partial charge in [-0.3, -0.25) is 18.1 Å². The average Bonchev–Trinajstić information content (AvgIpc) is 3.34. The summed E-state index contributed by atoms with van der Waals surface area (Å²) in [7, 11) is 0.519. The number of H-pyrrole nitrogens is 1. The third-order valence-corrected chi connectivity index (χ3v) is 5.71. The van der Waals surface area contributed by atoms with Gasteiger partial charge in [0.05, 0.1) is 12.7 Å². The van der Waals surface area contributed by atoms with Gasteiger partial charge in [-0.2, -0.15) is 0 Å². The molecule has 1 atom stereocenters. The van der Waals surface area contributed by atoms with Gasteiger partial charge in [0.2, 0.25) is 0 Å². The van der Waals surface area contributed by atoms with E-state index in [1.807, 2.05) is 6.07 Å². The molecule has 3 heterocycles. The van der Waals surface area contributed by atoms with Gasteiger partial charge in [-0.15, -0.1) is 0 Å². The summed E-state index contributed by atoms with van der Waals surface area (Å²) in [4.78, 5) is 33.3. The number of hydrogen-bond donors (Lipinski definition) is 1. The Kier molecular flexibility index (Phi) is 6.63. The van der Waals surface area contributed by atoms with E-state index >= 15 is 0 Å². The molecule has 0 aliphatic rings. The summed E-state index contributed by atoms with van der Waals surface area (Å²) in [5.41, 5.74) is -0.312. The van der Waals surface area contributed by atoms with Crippen molar-refractivity contribution in [2.45, 2.75) is 32.9 Å². The number of fused-ring (bicyclic) bond motifs is 1. The van der Waals surface area contributed by atoms with Crippen LogP contribution >= 0.6 is 0 Å². The van der Waals surface area contributed by atoms with Gasteiger partial charge >= 0.3 is 5.69 Å². The van der Waals surface area contributed by atoms with E-state index in [2.05, 4.69) is 9.97 Å². The van der Waals surface area contributed by atoms with E-state index < -0.39 is 22.0 Å². The Balaban J connectivity index is 2.05. The summed E-state index contributed by atoms with van der Waals surface area (Å²) >= 11 is 0. The van der Waals surface area contributed by atoms with E-state index in [-0.39, 0.29) is 17.8 Å². The zero-order chi connectivity index (χ0) is 20.1. The van der Waals surface area contributed by atoms with Crippen LogP contribution in [-0.2, 0) is 35.0 Å². The van der Waals surface area contributed by atoms with Crippen LogP contribution in [0.1, 0.15) is 24.9 Å². The molecule has 1 unspecified atom stereocenters. The van der Waals surface area contributed by atoms with Crippen LogP contribution in [0.3, 0.4) is 0 Å². The Morgan fingerprint density at radius 2 is 2.11 bits per heavy atom. The van der Waals surface area contributed by atoms with Gasteiger partial charge in [0.15, 0.2) is 5.65 Å². The van der Waals surface area contributed by atoms with Gasteiger partial charge in [-0.25, -0.2) is 9.78 Å². The number of nitrogens with one attached hydrogen (secondary N) is 1. The third kappa shape index (κ3) is 4.33. The average molecular weight is 408 g/mol. The summed E-state index contributed by atoms with van der Waals surface area (Å²) < 4.78 is 24.8. The van der Waals surface area contributed by atoms with Gasteiger partial charge in [-0.05, 0) is 18.6 Å². The quantitative estimate of drug-likeness (QED) is 0.498. The fourth-order valence-electron chi connectivity index (χ4n) is 2.98. The number of rotatable bonds is 10. The maximum absolute atomic E-state index is 12.9. The van der Waals surface area contributed by atoms with Crippen LogP contribution in [-0.4, -0.2) is 48.5 Å². The molecule has 3 aromatic heterocycles. The Labute approximate surface area is 163 Å². The molecule has 0 bridgehead atoms. The highest BCUT2D eigenvalue weighted by Crippen LogP contribution is 2.11. The standard InChI is InChI=1S/C18H24N4O5S/c1-3-28(25)11-8-22-17(23)15-16(21(18(22)24)7-5-9-26-2)20-14(19-15)12-13-6-4-10-27-13/h4,6,10H,3,5,7-9,11-12H2,1-2H3,(H,19,20). The van der Waals surface area contributed by atoms with Crippen molar-refractivity contribution in [3.63, 3.8) is 0 Å². The molecular formula is C18H24N4O5S. The van der Waals surface area contributed by atoms with Crippen molar-refractivity contribution in [3.05, 3.63) is 50.8 Å². The largest absolute Gasteiger partial charge is 0.469 e. The maximum atomic E-state index is 12.9. The summed E-state index contributed by atoms with van der Waals surface area (Å²) in [5.74, 6) is 1.97. The predicted octanol–water partition coefficient (Wildman–Crippen LogP) is 0.875. The number of aryl methyl sites for hydroxylation is 1. The molecule has 152 valence electrons. The van der Waals surface area contributed by atoms with Gasteiger partial charge in [-0.1, -0.05) is 6.92 Å². The maximum Gasteiger partial charge on any atom is 0.332 e. The van der Waals surface area contributed by atoms with Crippen LogP contribution < -0.4 is 11.2 Å². The first-order valence-electron chi connectivity index (χ1n) is 9.13. The zero-order valence-corrected chi connectivity index (χ0v) is 16.8. The first-order chi connectivity index (χ1) is 13.5. The number of furan rings is 1. The minimum Gasteiger partial charge on any atom is -0.469 e. The van der Waals surface area contributed by atoms with Crippen molar-refractivity contribution in [1.82, 2.24) is 19.1 Å². The van der Waals surface area contributed by atoms with Crippen LogP contribution in [0.15, 0.2) is 32.4 Å².